The van der Waals surface area contributed by atoms with Gasteiger partial charge >= 0.3 is 0 Å². The summed E-state index contributed by atoms with van der Waals surface area (Å²) >= 11 is 0. The zero-order valence-corrected chi connectivity index (χ0v) is 13.7. The minimum absolute atomic E-state index is 0.169. The Morgan fingerprint density at radius 3 is 2.95 bits per heavy atom. The first-order valence-corrected chi connectivity index (χ1v) is 8.36. The number of nitrogens with zero attached hydrogens (tertiary/aromatic N) is 2. The minimum Gasteiger partial charge on any atom is -0.493 e. The predicted molar refractivity (Wildman–Crippen MR) is 87.5 cm³/mol. The average molecular weight is 302 g/mol. The first-order valence-electron chi connectivity index (χ1n) is 8.36. The maximum absolute atomic E-state index is 12.9. The fourth-order valence-electron chi connectivity index (χ4n) is 3.40. The molecule has 0 saturated carbocycles. The van der Waals surface area contributed by atoms with Crippen LogP contribution in [-0.2, 0) is 6.42 Å². The largest absolute Gasteiger partial charge is 0.493 e. The van der Waals surface area contributed by atoms with Crippen LogP contribution in [0, 0.1) is 0 Å². The van der Waals surface area contributed by atoms with E-state index in [4.69, 9.17) is 4.74 Å². The lowest BCUT2D eigenvalue weighted by atomic mass is 10.0. The molecule has 1 amide bonds. The lowest BCUT2D eigenvalue weighted by Gasteiger charge is -2.29. The van der Waals surface area contributed by atoms with E-state index in [1.165, 1.54) is 18.4 Å². The molecule has 1 atom stereocenters. The van der Waals surface area contributed by atoms with Crippen LogP contribution in [0.25, 0.3) is 0 Å². The van der Waals surface area contributed by atoms with E-state index in [0.29, 0.717) is 6.04 Å². The monoisotopic (exact) mass is 302 g/mol. The summed E-state index contributed by atoms with van der Waals surface area (Å²) in [4.78, 5) is 17.1. The molecule has 1 aromatic rings. The summed E-state index contributed by atoms with van der Waals surface area (Å²) in [6.07, 6.45) is 5.53. The van der Waals surface area contributed by atoms with Crippen molar-refractivity contribution in [3.8, 4) is 5.75 Å². The molecule has 3 rings (SSSR count). The lowest BCUT2D eigenvalue weighted by Crippen LogP contribution is -2.42. The first-order chi connectivity index (χ1) is 10.6. The average Bonchev–Trinajstić information content (AvgIpc) is 2.80. The van der Waals surface area contributed by atoms with Crippen molar-refractivity contribution in [2.24, 2.45) is 0 Å². The Balaban J connectivity index is 1.77. The van der Waals surface area contributed by atoms with Crippen LogP contribution in [0.5, 0.6) is 5.75 Å². The van der Waals surface area contributed by atoms with Crippen LogP contribution in [-0.4, -0.2) is 55.5 Å². The summed E-state index contributed by atoms with van der Waals surface area (Å²) in [5.41, 5.74) is 1.99. The molecule has 0 aliphatic carbocycles. The number of aryl methyl sites for hydroxylation is 1. The second-order valence-electron chi connectivity index (χ2n) is 6.64. The zero-order valence-electron chi connectivity index (χ0n) is 13.7. The predicted octanol–water partition coefficient (Wildman–Crippen LogP) is 2.57. The maximum atomic E-state index is 12.9. The van der Waals surface area contributed by atoms with Crippen molar-refractivity contribution < 1.29 is 9.53 Å². The standard InChI is InChI=1S/C18H26N2O2/c1-19(2)16-7-3-4-10-20(13-16)18(21)15-8-9-17-14(12-15)6-5-11-22-17/h8-9,12,16H,3-7,10-11,13H2,1-2H3/t16-/m0/s1. The minimum atomic E-state index is 0.169. The molecule has 4 nitrogen and oxygen atoms in total. The summed E-state index contributed by atoms with van der Waals surface area (Å²) in [6.45, 7) is 2.49. The first kappa shape index (κ1) is 15.3. The Morgan fingerprint density at radius 1 is 1.27 bits per heavy atom. The SMILES string of the molecule is CN(C)[C@H]1CCCCN(C(=O)c2ccc3c(c2)CCCO3)C1. The topological polar surface area (TPSA) is 32.8 Å². The third-order valence-electron chi connectivity index (χ3n) is 4.82. The molecule has 0 unspecified atom stereocenters. The second-order valence-corrected chi connectivity index (χ2v) is 6.64. The normalized spacial score (nSPS) is 22.0. The van der Waals surface area contributed by atoms with Gasteiger partial charge in [-0.15, -0.1) is 0 Å². The Kier molecular flexibility index (Phi) is 4.67. The van der Waals surface area contributed by atoms with E-state index in [2.05, 4.69) is 19.0 Å². The number of likely N-dealkylation sites (N-methyl/N-ethyl adjacent to an activating group) is 1. The molecule has 4 heteroatoms. The summed E-state index contributed by atoms with van der Waals surface area (Å²) in [7, 11) is 4.21. The molecule has 22 heavy (non-hydrogen) atoms. The summed E-state index contributed by atoms with van der Waals surface area (Å²) < 4.78 is 5.64. The molecule has 0 N–H and O–H groups in total. The van der Waals surface area contributed by atoms with Gasteiger partial charge in [-0.05, 0) is 63.5 Å². The Bertz CT molecular complexity index is 542. The molecule has 0 bridgehead atoms. The van der Waals surface area contributed by atoms with Crippen LogP contribution in [0.2, 0.25) is 0 Å². The van der Waals surface area contributed by atoms with Gasteiger partial charge in [0.05, 0.1) is 6.61 Å². The molecular weight excluding hydrogens is 276 g/mol. The van der Waals surface area contributed by atoms with Crippen LogP contribution in [0.1, 0.15) is 41.6 Å². The van der Waals surface area contributed by atoms with Gasteiger partial charge in [0.2, 0.25) is 0 Å². The van der Waals surface area contributed by atoms with Crippen LogP contribution in [0.4, 0.5) is 0 Å². The van der Waals surface area contributed by atoms with Gasteiger partial charge in [-0.1, -0.05) is 6.42 Å². The van der Waals surface area contributed by atoms with E-state index in [-0.39, 0.29) is 5.91 Å². The molecule has 2 heterocycles. The number of likely N-dealkylation sites (tertiary alicyclic amines) is 1. The van der Waals surface area contributed by atoms with E-state index < -0.39 is 0 Å². The van der Waals surface area contributed by atoms with Gasteiger partial charge < -0.3 is 14.5 Å². The maximum Gasteiger partial charge on any atom is 0.253 e. The molecule has 120 valence electrons. The van der Waals surface area contributed by atoms with E-state index in [9.17, 15) is 4.79 Å². The smallest absolute Gasteiger partial charge is 0.253 e. The van der Waals surface area contributed by atoms with Crippen molar-refractivity contribution >= 4 is 5.91 Å². The number of carbonyl (C=O) groups is 1. The van der Waals surface area contributed by atoms with Crippen molar-refractivity contribution in [2.45, 2.75) is 38.1 Å². The molecule has 1 saturated heterocycles. The third kappa shape index (κ3) is 3.27. The summed E-state index contributed by atoms with van der Waals surface area (Å²) in [5.74, 6) is 1.12. The van der Waals surface area contributed by atoms with Crippen LogP contribution >= 0.6 is 0 Å². The van der Waals surface area contributed by atoms with E-state index in [0.717, 1.165) is 50.3 Å². The molecular formula is C18H26N2O2. The van der Waals surface area contributed by atoms with E-state index in [1.807, 2.05) is 23.1 Å². The zero-order chi connectivity index (χ0) is 15.5. The highest BCUT2D eigenvalue weighted by Crippen LogP contribution is 2.26. The number of benzene rings is 1. The van der Waals surface area contributed by atoms with Crippen molar-refractivity contribution in [2.75, 3.05) is 33.8 Å². The highest BCUT2D eigenvalue weighted by Gasteiger charge is 2.24. The highest BCUT2D eigenvalue weighted by molar-refractivity contribution is 5.94. The van der Waals surface area contributed by atoms with Gasteiger partial charge in [0.25, 0.3) is 5.91 Å². The molecule has 2 aliphatic heterocycles. The van der Waals surface area contributed by atoms with Crippen molar-refractivity contribution in [1.29, 1.82) is 0 Å². The highest BCUT2D eigenvalue weighted by atomic mass is 16.5. The number of amides is 1. The molecule has 0 aromatic heterocycles. The van der Waals surface area contributed by atoms with Crippen LogP contribution in [0.15, 0.2) is 18.2 Å². The lowest BCUT2D eigenvalue weighted by molar-refractivity contribution is 0.0725. The quantitative estimate of drug-likeness (QED) is 0.842. The van der Waals surface area contributed by atoms with Crippen molar-refractivity contribution in [3.05, 3.63) is 29.3 Å². The van der Waals surface area contributed by atoms with Gasteiger partial charge in [-0.3, -0.25) is 4.79 Å². The number of hydrogen-bond acceptors (Lipinski definition) is 3. The van der Waals surface area contributed by atoms with Gasteiger partial charge in [0.1, 0.15) is 5.75 Å². The third-order valence-corrected chi connectivity index (χ3v) is 4.82. The fourth-order valence-corrected chi connectivity index (χ4v) is 3.40. The Hall–Kier alpha value is -1.55. The number of fused-ring (bicyclic) bond motifs is 1. The Labute approximate surface area is 133 Å². The van der Waals surface area contributed by atoms with Gasteiger partial charge in [0, 0.05) is 24.7 Å². The van der Waals surface area contributed by atoms with Gasteiger partial charge in [-0.25, -0.2) is 0 Å². The van der Waals surface area contributed by atoms with Crippen molar-refractivity contribution in [1.82, 2.24) is 9.80 Å². The Morgan fingerprint density at radius 2 is 2.14 bits per heavy atom. The fraction of sp³-hybridized carbons (Fsp3) is 0.611. The van der Waals surface area contributed by atoms with E-state index in [1.54, 1.807) is 0 Å². The second kappa shape index (κ2) is 6.69. The van der Waals surface area contributed by atoms with Gasteiger partial charge in [0.15, 0.2) is 0 Å². The van der Waals surface area contributed by atoms with Crippen molar-refractivity contribution in [3.63, 3.8) is 0 Å². The van der Waals surface area contributed by atoms with Crippen LogP contribution < -0.4 is 4.74 Å². The number of rotatable bonds is 2. The molecule has 2 aliphatic rings. The number of hydrogen-bond donors (Lipinski definition) is 0. The van der Waals surface area contributed by atoms with E-state index >= 15 is 0 Å². The molecule has 0 spiro atoms. The number of ether oxygens (including phenoxy) is 1. The molecule has 1 aromatic carbocycles. The summed E-state index contributed by atoms with van der Waals surface area (Å²) in [5, 5.41) is 0. The van der Waals surface area contributed by atoms with Gasteiger partial charge in [-0.2, -0.15) is 0 Å². The molecule has 1 fully saturated rings. The summed E-state index contributed by atoms with van der Waals surface area (Å²) in [6, 6.07) is 6.38. The van der Waals surface area contributed by atoms with Crippen LogP contribution in [0.3, 0.4) is 0 Å². The molecule has 0 radical (unpaired) electrons. The number of carbonyl (C=O) groups excluding carboxylic acids is 1.